The first-order valence-electron chi connectivity index (χ1n) is 5.55. The van der Waals surface area contributed by atoms with Crippen molar-refractivity contribution < 1.29 is 19.4 Å². The predicted molar refractivity (Wildman–Crippen MR) is 65.4 cm³/mol. The van der Waals surface area contributed by atoms with Crippen LogP contribution in [0.25, 0.3) is 0 Å². The van der Waals surface area contributed by atoms with E-state index < -0.39 is 11.6 Å². The van der Waals surface area contributed by atoms with E-state index in [9.17, 15) is 4.79 Å². The highest BCUT2D eigenvalue weighted by atomic mass is 16.6. The summed E-state index contributed by atoms with van der Waals surface area (Å²) < 4.78 is 11.7. The molecular formula is C11H19N3O4. The molecule has 0 spiro atoms. The fourth-order valence-electron chi connectivity index (χ4n) is 1.28. The van der Waals surface area contributed by atoms with E-state index >= 15 is 0 Å². The van der Waals surface area contributed by atoms with Crippen molar-refractivity contribution in [3.8, 4) is 5.88 Å². The van der Waals surface area contributed by atoms with Gasteiger partial charge in [-0.1, -0.05) is 0 Å². The fourth-order valence-corrected chi connectivity index (χ4v) is 1.28. The number of aromatic nitrogens is 2. The first-order chi connectivity index (χ1) is 8.26. The Morgan fingerprint density at radius 3 is 2.61 bits per heavy atom. The zero-order chi connectivity index (χ0) is 13.9. The van der Waals surface area contributed by atoms with Crippen LogP contribution in [0.3, 0.4) is 0 Å². The number of hydrogen-bond acceptors (Lipinski definition) is 6. The van der Waals surface area contributed by atoms with Crippen LogP contribution in [0.15, 0.2) is 0 Å². The van der Waals surface area contributed by atoms with Crippen LogP contribution in [-0.4, -0.2) is 39.7 Å². The van der Waals surface area contributed by atoms with Crippen molar-refractivity contribution in [2.45, 2.75) is 26.4 Å². The van der Waals surface area contributed by atoms with E-state index in [1.165, 1.54) is 4.68 Å². The predicted octanol–water partition coefficient (Wildman–Crippen LogP) is 0.329. The molecule has 0 atom stereocenters. The smallest absolute Gasteiger partial charge is 0.348 e. The van der Waals surface area contributed by atoms with Gasteiger partial charge in [0.15, 0.2) is 5.56 Å². The molecule has 0 saturated carbocycles. The van der Waals surface area contributed by atoms with Crippen LogP contribution in [-0.2, 0) is 11.8 Å². The van der Waals surface area contributed by atoms with Gasteiger partial charge in [-0.2, -0.15) is 0 Å². The minimum Gasteiger partial charge on any atom is -0.474 e. The van der Waals surface area contributed by atoms with Crippen molar-refractivity contribution in [3.05, 3.63) is 5.56 Å². The second-order valence-corrected chi connectivity index (χ2v) is 4.76. The number of aliphatic hydroxyl groups is 1. The largest absolute Gasteiger partial charge is 0.474 e. The number of aliphatic hydroxyl groups excluding tert-OH is 1. The SMILES string of the molecule is Cn1nc(OCCO)c(C(=O)OC(C)(C)C)c1N. The van der Waals surface area contributed by atoms with E-state index in [4.69, 9.17) is 20.3 Å². The maximum absolute atomic E-state index is 12.0. The lowest BCUT2D eigenvalue weighted by atomic mass is 10.2. The van der Waals surface area contributed by atoms with Gasteiger partial charge >= 0.3 is 5.97 Å². The highest BCUT2D eigenvalue weighted by molar-refractivity contribution is 5.97. The van der Waals surface area contributed by atoms with Gasteiger partial charge < -0.3 is 20.3 Å². The molecule has 0 aromatic carbocycles. The third-order valence-corrected chi connectivity index (χ3v) is 1.99. The standard InChI is InChI=1S/C11H19N3O4/c1-11(2,3)18-10(16)7-8(12)14(4)13-9(7)17-6-5-15/h15H,5-6,12H2,1-4H3. The van der Waals surface area contributed by atoms with Crippen molar-refractivity contribution in [3.63, 3.8) is 0 Å². The Labute approximate surface area is 105 Å². The van der Waals surface area contributed by atoms with Gasteiger partial charge in [0.05, 0.1) is 6.61 Å². The number of nitrogens with zero attached hydrogens (tertiary/aromatic N) is 2. The summed E-state index contributed by atoms with van der Waals surface area (Å²) >= 11 is 0. The molecule has 0 aliphatic heterocycles. The van der Waals surface area contributed by atoms with Crippen LogP contribution in [0.4, 0.5) is 5.82 Å². The molecular weight excluding hydrogens is 238 g/mol. The summed E-state index contributed by atoms with van der Waals surface area (Å²) in [5.74, 6) is -0.364. The Morgan fingerprint density at radius 2 is 2.11 bits per heavy atom. The zero-order valence-electron chi connectivity index (χ0n) is 11.1. The third kappa shape index (κ3) is 3.36. The summed E-state index contributed by atoms with van der Waals surface area (Å²) in [6, 6.07) is 0. The van der Waals surface area contributed by atoms with Crippen LogP contribution in [0, 0.1) is 0 Å². The average molecular weight is 257 g/mol. The van der Waals surface area contributed by atoms with Crippen LogP contribution < -0.4 is 10.5 Å². The number of nitrogens with two attached hydrogens (primary N) is 1. The maximum atomic E-state index is 12.0. The van der Waals surface area contributed by atoms with E-state index in [1.54, 1.807) is 27.8 Å². The van der Waals surface area contributed by atoms with Crippen LogP contribution >= 0.6 is 0 Å². The topological polar surface area (TPSA) is 99.6 Å². The van der Waals surface area contributed by atoms with Crippen LogP contribution in [0.5, 0.6) is 5.88 Å². The number of aryl methyl sites for hydroxylation is 1. The van der Waals surface area contributed by atoms with E-state index in [0.29, 0.717) is 0 Å². The van der Waals surface area contributed by atoms with Gasteiger partial charge in [0, 0.05) is 7.05 Å². The minimum atomic E-state index is -0.631. The number of ether oxygens (including phenoxy) is 2. The number of hydrogen-bond donors (Lipinski definition) is 2. The van der Waals surface area contributed by atoms with Gasteiger partial charge in [0.25, 0.3) is 0 Å². The summed E-state index contributed by atoms with van der Waals surface area (Å²) in [5.41, 5.74) is 5.20. The summed E-state index contributed by atoms with van der Waals surface area (Å²) in [7, 11) is 1.59. The summed E-state index contributed by atoms with van der Waals surface area (Å²) in [5, 5.41) is 12.7. The minimum absolute atomic E-state index is 0.0340. The highest BCUT2D eigenvalue weighted by Gasteiger charge is 2.27. The quantitative estimate of drug-likeness (QED) is 0.754. The van der Waals surface area contributed by atoms with E-state index in [2.05, 4.69) is 5.10 Å². The van der Waals surface area contributed by atoms with E-state index in [1.807, 2.05) is 0 Å². The number of carbonyl (C=O) groups excluding carboxylic acids is 1. The monoisotopic (exact) mass is 257 g/mol. The molecule has 1 heterocycles. The lowest BCUT2D eigenvalue weighted by molar-refractivity contribution is 0.00663. The van der Waals surface area contributed by atoms with Crippen molar-refractivity contribution in [2.75, 3.05) is 18.9 Å². The normalized spacial score (nSPS) is 11.4. The van der Waals surface area contributed by atoms with Gasteiger partial charge in [-0.15, -0.1) is 5.10 Å². The second-order valence-electron chi connectivity index (χ2n) is 4.76. The average Bonchev–Trinajstić information content (AvgIpc) is 2.49. The Morgan fingerprint density at radius 1 is 1.50 bits per heavy atom. The molecule has 1 aromatic heterocycles. The third-order valence-electron chi connectivity index (χ3n) is 1.99. The van der Waals surface area contributed by atoms with Crippen molar-refractivity contribution >= 4 is 11.8 Å². The molecule has 3 N–H and O–H groups in total. The summed E-state index contributed by atoms with van der Waals surface area (Å²) in [6.07, 6.45) is 0. The molecule has 0 saturated heterocycles. The Hall–Kier alpha value is -1.76. The fraction of sp³-hybridized carbons (Fsp3) is 0.636. The molecule has 1 rings (SSSR count). The molecule has 1 aromatic rings. The molecule has 0 fully saturated rings. The number of esters is 1. The number of nitrogen functional groups attached to an aromatic ring is 1. The first kappa shape index (κ1) is 14.3. The number of carbonyl (C=O) groups is 1. The van der Waals surface area contributed by atoms with Gasteiger partial charge in [-0.25, -0.2) is 9.48 Å². The van der Waals surface area contributed by atoms with Crippen molar-refractivity contribution in [2.24, 2.45) is 7.05 Å². The summed E-state index contributed by atoms with van der Waals surface area (Å²) in [6.45, 7) is 5.12. The Bertz CT molecular complexity index is 434. The lowest BCUT2D eigenvalue weighted by Gasteiger charge is -2.19. The van der Waals surface area contributed by atoms with Crippen LogP contribution in [0.2, 0.25) is 0 Å². The molecule has 0 aliphatic carbocycles. The second kappa shape index (κ2) is 5.26. The molecule has 0 radical (unpaired) electrons. The molecule has 0 aliphatic rings. The molecule has 7 nitrogen and oxygen atoms in total. The molecule has 0 unspecified atom stereocenters. The van der Waals surface area contributed by atoms with Gasteiger partial charge in [-0.05, 0) is 20.8 Å². The lowest BCUT2D eigenvalue weighted by Crippen LogP contribution is -2.24. The Balaban J connectivity index is 3.02. The zero-order valence-corrected chi connectivity index (χ0v) is 11.1. The van der Waals surface area contributed by atoms with E-state index in [-0.39, 0.29) is 30.5 Å². The Kier molecular flexibility index (Phi) is 4.18. The molecule has 102 valence electrons. The number of rotatable bonds is 4. The summed E-state index contributed by atoms with van der Waals surface area (Å²) in [4.78, 5) is 12.0. The van der Waals surface area contributed by atoms with Gasteiger partial charge in [0.1, 0.15) is 18.0 Å². The van der Waals surface area contributed by atoms with Gasteiger partial charge in [0.2, 0.25) is 5.88 Å². The van der Waals surface area contributed by atoms with Gasteiger partial charge in [-0.3, -0.25) is 0 Å². The first-order valence-corrected chi connectivity index (χ1v) is 5.55. The molecule has 18 heavy (non-hydrogen) atoms. The van der Waals surface area contributed by atoms with Crippen molar-refractivity contribution in [1.29, 1.82) is 0 Å². The molecule has 0 amide bonds. The number of anilines is 1. The maximum Gasteiger partial charge on any atom is 0.348 e. The molecule has 0 bridgehead atoms. The highest BCUT2D eigenvalue weighted by Crippen LogP contribution is 2.25. The van der Waals surface area contributed by atoms with Crippen LogP contribution in [0.1, 0.15) is 31.1 Å². The van der Waals surface area contributed by atoms with E-state index in [0.717, 1.165) is 0 Å². The van der Waals surface area contributed by atoms with Crippen molar-refractivity contribution in [1.82, 2.24) is 9.78 Å². The molecule has 7 heteroatoms.